The third-order valence-corrected chi connectivity index (χ3v) is 5.20. The Balaban J connectivity index is 1.90. The van der Waals surface area contributed by atoms with Gasteiger partial charge in [0.25, 0.3) is 5.91 Å². The Morgan fingerprint density at radius 3 is 2.21 bits per heavy atom. The second-order valence-corrected chi connectivity index (χ2v) is 7.71. The molecule has 1 N–H and O–H groups in total. The van der Waals surface area contributed by atoms with Crippen molar-refractivity contribution in [1.82, 2.24) is 10.2 Å². The van der Waals surface area contributed by atoms with Crippen molar-refractivity contribution in [2.45, 2.75) is 32.4 Å². The average molecular weight is 449 g/mol. The lowest BCUT2D eigenvalue weighted by Crippen LogP contribution is -2.45. The van der Waals surface area contributed by atoms with E-state index in [-0.39, 0.29) is 30.8 Å². The number of amides is 2. The van der Waals surface area contributed by atoms with Gasteiger partial charge in [0.1, 0.15) is 17.6 Å². The molecule has 0 saturated heterocycles. The molecule has 6 heteroatoms. The standard InChI is InChI=1S/C27H29FN2O3/c1-2-3-18-29-27(32)26(22-10-6-4-7-11-22)30(19-21-14-16-23(28)17-15-21)25(31)20-33-24-12-8-5-9-13-24/h4-17,26H,2-3,18-20H2,1H3,(H,29,32)/t26-/m0/s1. The van der Waals surface area contributed by atoms with Crippen LogP contribution in [0.15, 0.2) is 84.9 Å². The van der Waals surface area contributed by atoms with Crippen LogP contribution in [-0.2, 0) is 16.1 Å². The molecule has 3 rings (SSSR count). The molecule has 0 aliphatic heterocycles. The maximum Gasteiger partial charge on any atom is 0.261 e. The summed E-state index contributed by atoms with van der Waals surface area (Å²) < 4.78 is 19.1. The van der Waals surface area contributed by atoms with E-state index < -0.39 is 6.04 Å². The molecule has 0 aliphatic rings. The number of hydrogen-bond acceptors (Lipinski definition) is 3. The Kier molecular flexibility index (Phi) is 9.00. The molecule has 0 radical (unpaired) electrons. The maximum atomic E-state index is 13.5. The van der Waals surface area contributed by atoms with E-state index in [4.69, 9.17) is 4.74 Å². The summed E-state index contributed by atoms with van der Waals surface area (Å²) in [5.41, 5.74) is 1.41. The summed E-state index contributed by atoms with van der Waals surface area (Å²) in [4.78, 5) is 28.2. The molecule has 3 aromatic carbocycles. The van der Waals surface area contributed by atoms with E-state index in [0.29, 0.717) is 23.4 Å². The largest absolute Gasteiger partial charge is 0.484 e. The highest BCUT2D eigenvalue weighted by molar-refractivity contribution is 5.89. The molecule has 3 aromatic rings. The monoisotopic (exact) mass is 448 g/mol. The Morgan fingerprint density at radius 2 is 1.58 bits per heavy atom. The lowest BCUT2D eigenvalue weighted by molar-refractivity contribution is -0.143. The zero-order valence-electron chi connectivity index (χ0n) is 18.7. The van der Waals surface area contributed by atoms with E-state index >= 15 is 0 Å². The van der Waals surface area contributed by atoms with Crippen LogP contribution in [0.2, 0.25) is 0 Å². The number of benzene rings is 3. The van der Waals surface area contributed by atoms with E-state index in [1.54, 1.807) is 24.3 Å². The molecule has 0 heterocycles. The van der Waals surface area contributed by atoms with Crippen molar-refractivity contribution < 1.29 is 18.7 Å². The van der Waals surface area contributed by atoms with Crippen molar-refractivity contribution in [3.63, 3.8) is 0 Å². The normalized spacial score (nSPS) is 11.5. The number of rotatable bonds is 11. The van der Waals surface area contributed by atoms with Crippen LogP contribution in [0.3, 0.4) is 0 Å². The van der Waals surface area contributed by atoms with E-state index in [1.807, 2.05) is 55.5 Å². The molecular formula is C27H29FN2O3. The first-order valence-corrected chi connectivity index (χ1v) is 11.1. The molecule has 0 bridgehead atoms. The van der Waals surface area contributed by atoms with Crippen LogP contribution in [0, 0.1) is 5.82 Å². The summed E-state index contributed by atoms with van der Waals surface area (Å²) in [6.45, 7) is 2.48. The topological polar surface area (TPSA) is 58.6 Å². The highest BCUT2D eigenvalue weighted by Gasteiger charge is 2.31. The fraction of sp³-hybridized carbons (Fsp3) is 0.259. The molecule has 0 unspecified atom stereocenters. The highest BCUT2D eigenvalue weighted by atomic mass is 19.1. The van der Waals surface area contributed by atoms with Crippen LogP contribution >= 0.6 is 0 Å². The number of carbonyl (C=O) groups excluding carboxylic acids is 2. The minimum absolute atomic E-state index is 0.137. The Bertz CT molecular complexity index is 1010. The first-order valence-electron chi connectivity index (χ1n) is 11.1. The summed E-state index contributed by atoms with van der Waals surface area (Å²) in [6, 6.07) is 23.3. The van der Waals surface area contributed by atoms with Gasteiger partial charge in [-0.1, -0.05) is 74.0 Å². The van der Waals surface area contributed by atoms with Gasteiger partial charge >= 0.3 is 0 Å². The summed E-state index contributed by atoms with van der Waals surface area (Å²) in [5.74, 6) is -0.398. The van der Waals surface area contributed by atoms with Gasteiger partial charge in [-0.25, -0.2) is 4.39 Å². The van der Waals surface area contributed by atoms with Crippen molar-refractivity contribution in [3.05, 3.63) is 102 Å². The van der Waals surface area contributed by atoms with Gasteiger partial charge in [-0.2, -0.15) is 0 Å². The van der Waals surface area contributed by atoms with Crippen LogP contribution in [0.1, 0.15) is 36.9 Å². The molecule has 0 aliphatic carbocycles. The van der Waals surface area contributed by atoms with Crippen molar-refractivity contribution >= 4 is 11.8 Å². The Labute approximate surface area is 194 Å². The van der Waals surface area contributed by atoms with Gasteiger partial charge in [-0.3, -0.25) is 9.59 Å². The molecule has 33 heavy (non-hydrogen) atoms. The van der Waals surface area contributed by atoms with E-state index in [0.717, 1.165) is 12.8 Å². The van der Waals surface area contributed by atoms with Gasteiger partial charge in [0.05, 0.1) is 0 Å². The number of ether oxygens (including phenoxy) is 1. The minimum Gasteiger partial charge on any atom is -0.484 e. The second kappa shape index (κ2) is 12.4. The van der Waals surface area contributed by atoms with Crippen molar-refractivity contribution in [1.29, 1.82) is 0 Å². The number of carbonyl (C=O) groups is 2. The van der Waals surface area contributed by atoms with Crippen LogP contribution < -0.4 is 10.1 Å². The molecule has 1 atom stereocenters. The fourth-order valence-corrected chi connectivity index (χ4v) is 3.45. The Morgan fingerprint density at radius 1 is 0.939 bits per heavy atom. The van der Waals surface area contributed by atoms with Crippen molar-refractivity contribution in [3.8, 4) is 5.75 Å². The number of hydrogen-bond donors (Lipinski definition) is 1. The van der Waals surface area contributed by atoms with Crippen LogP contribution in [0.5, 0.6) is 5.75 Å². The predicted molar refractivity (Wildman–Crippen MR) is 126 cm³/mol. The van der Waals surface area contributed by atoms with Crippen LogP contribution in [0.25, 0.3) is 0 Å². The third kappa shape index (κ3) is 7.17. The predicted octanol–water partition coefficient (Wildman–Crippen LogP) is 4.89. The van der Waals surface area contributed by atoms with Gasteiger partial charge < -0.3 is 15.0 Å². The molecule has 172 valence electrons. The molecule has 2 amide bonds. The van der Waals surface area contributed by atoms with Crippen LogP contribution in [0.4, 0.5) is 4.39 Å². The van der Waals surface area contributed by atoms with Crippen molar-refractivity contribution in [2.75, 3.05) is 13.2 Å². The van der Waals surface area contributed by atoms with Gasteiger partial charge in [0.2, 0.25) is 5.91 Å². The zero-order chi connectivity index (χ0) is 23.5. The van der Waals surface area contributed by atoms with E-state index in [2.05, 4.69) is 5.32 Å². The summed E-state index contributed by atoms with van der Waals surface area (Å²) >= 11 is 0. The molecule has 0 aromatic heterocycles. The smallest absolute Gasteiger partial charge is 0.261 e. The quantitative estimate of drug-likeness (QED) is 0.425. The summed E-state index contributed by atoms with van der Waals surface area (Å²) in [7, 11) is 0. The van der Waals surface area contributed by atoms with Crippen molar-refractivity contribution in [2.24, 2.45) is 0 Å². The SMILES string of the molecule is CCCCNC(=O)[C@H](c1ccccc1)N(Cc1ccc(F)cc1)C(=O)COc1ccccc1. The molecule has 0 saturated carbocycles. The first kappa shape index (κ1) is 24.0. The number of nitrogens with zero attached hydrogens (tertiary/aromatic N) is 1. The van der Waals surface area contributed by atoms with Gasteiger partial charge in [-0.15, -0.1) is 0 Å². The van der Waals surface area contributed by atoms with Crippen LogP contribution in [-0.4, -0.2) is 29.9 Å². The number of para-hydroxylation sites is 1. The van der Waals surface area contributed by atoms with Gasteiger partial charge in [-0.05, 0) is 41.8 Å². The molecular weight excluding hydrogens is 419 g/mol. The highest BCUT2D eigenvalue weighted by Crippen LogP contribution is 2.24. The Hall–Kier alpha value is -3.67. The van der Waals surface area contributed by atoms with Gasteiger partial charge in [0.15, 0.2) is 6.61 Å². The lowest BCUT2D eigenvalue weighted by atomic mass is 10.0. The molecule has 0 spiro atoms. The summed E-state index contributed by atoms with van der Waals surface area (Å²) in [6.07, 6.45) is 1.79. The maximum absolute atomic E-state index is 13.5. The molecule has 5 nitrogen and oxygen atoms in total. The first-order chi connectivity index (χ1) is 16.1. The minimum atomic E-state index is -0.847. The van der Waals surface area contributed by atoms with Gasteiger partial charge in [0, 0.05) is 13.1 Å². The van der Waals surface area contributed by atoms with E-state index in [9.17, 15) is 14.0 Å². The number of nitrogens with one attached hydrogen (secondary N) is 1. The zero-order valence-corrected chi connectivity index (χ0v) is 18.7. The molecule has 0 fully saturated rings. The summed E-state index contributed by atoms with van der Waals surface area (Å²) in [5, 5.41) is 2.95. The number of halogens is 1. The number of unbranched alkanes of at least 4 members (excludes halogenated alkanes) is 1. The average Bonchev–Trinajstić information content (AvgIpc) is 2.85. The van der Waals surface area contributed by atoms with E-state index in [1.165, 1.54) is 17.0 Å². The third-order valence-electron chi connectivity index (χ3n) is 5.20. The fourth-order valence-electron chi connectivity index (χ4n) is 3.45. The second-order valence-electron chi connectivity index (χ2n) is 7.71. The lowest BCUT2D eigenvalue weighted by Gasteiger charge is -2.31.